The molecule has 0 unspecified atom stereocenters. The molecule has 2 atom stereocenters. The van der Waals surface area contributed by atoms with Crippen LogP contribution in [0.4, 0.5) is 0 Å². The number of benzene rings is 1. The summed E-state index contributed by atoms with van der Waals surface area (Å²) in [6, 6.07) is 9.61. The molecule has 0 aliphatic carbocycles. The van der Waals surface area contributed by atoms with E-state index in [0.29, 0.717) is 19.7 Å². The molecule has 26 heavy (non-hydrogen) atoms. The summed E-state index contributed by atoms with van der Waals surface area (Å²) in [6.45, 7) is 5.07. The molecule has 142 valence electrons. The van der Waals surface area contributed by atoms with Gasteiger partial charge in [0, 0.05) is 25.9 Å². The molecule has 1 N–H and O–H groups in total. The van der Waals surface area contributed by atoms with Gasteiger partial charge in [-0.3, -0.25) is 14.4 Å². The van der Waals surface area contributed by atoms with Gasteiger partial charge in [0.1, 0.15) is 0 Å². The van der Waals surface area contributed by atoms with E-state index in [9.17, 15) is 14.4 Å². The summed E-state index contributed by atoms with van der Waals surface area (Å²) in [7, 11) is 0. The van der Waals surface area contributed by atoms with Crippen LogP contribution in [0.25, 0.3) is 0 Å². The Morgan fingerprint density at radius 1 is 1.23 bits per heavy atom. The fourth-order valence-corrected chi connectivity index (χ4v) is 3.17. The van der Waals surface area contributed by atoms with E-state index >= 15 is 0 Å². The number of nitrogens with one attached hydrogen (secondary N) is 1. The van der Waals surface area contributed by atoms with Gasteiger partial charge in [-0.1, -0.05) is 30.3 Å². The van der Waals surface area contributed by atoms with Crippen molar-refractivity contribution in [2.45, 2.75) is 45.6 Å². The van der Waals surface area contributed by atoms with Crippen LogP contribution in [0.2, 0.25) is 0 Å². The first-order valence-corrected chi connectivity index (χ1v) is 9.30. The highest BCUT2D eigenvalue weighted by atomic mass is 16.5. The first kappa shape index (κ1) is 19.9. The first-order chi connectivity index (χ1) is 12.5. The van der Waals surface area contributed by atoms with Crippen LogP contribution in [-0.2, 0) is 19.1 Å². The van der Waals surface area contributed by atoms with Gasteiger partial charge in [-0.15, -0.1) is 0 Å². The van der Waals surface area contributed by atoms with Crippen molar-refractivity contribution in [1.29, 1.82) is 0 Å². The highest BCUT2D eigenvalue weighted by Gasteiger charge is 2.29. The Labute approximate surface area is 154 Å². The van der Waals surface area contributed by atoms with Crippen LogP contribution in [-0.4, -0.2) is 42.4 Å². The summed E-state index contributed by atoms with van der Waals surface area (Å²) >= 11 is 0. The minimum absolute atomic E-state index is 0.0819. The number of nitrogens with zero attached hydrogens (tertiary/aromatic N) is 1. The SMILES string of the molecule is CCOC(=O)[C@H]1CCCN(C(=O)CCC(=O)N[C@H](C)c2ccccc2)C1. The van der Waals surface area contributed by atoms with Gasteiger partial charge >= 0.3 is 5.97 Å². The highest BCUT2D eigenvalue weighted by molar-refractivity contribution is 5.84. The molecule has 1 aromatic rings. The van der Waals surface area contributed by atoms with Crippen molar-refractivity contribution >= 4 is 17.8 Å². The first-order valence-electron chi connectivity index (χ1n) is 9.30. The van der Waals surface area contributed by atoms with Crippen molar-refractivity contribution in [1.82, 2.24) is 10.2 Å². The molecule has 0 aromatic heterocycles. The Kier molecular flexibility index (Phi) is 7.63. The molecule has 1 heterocycles. The predicted molar refractivity (Wildman–Crippen MR) is 98.2 cm³/mol. The number of hydrogen-bond acceptors (Lipinski definition) is 4. The zero-order chi connectivity index (χ0) is 18.9. The summed E-state index contributed by atoms with van der Waals surface area (Å²) in [5, 5.41) is 2.91. The Bertz CT molecular complexity index is 617. The number of carbonyl (C=O) groups excluding carboxylic acids is 3. The quantitative estimate of drug-likeness (QED) is 0.758. The molecule has 0 spiro atoms. The van der Waals surface area contributed by atoms with Gasteiger partial charge in [0.05, 0.1) is 18.6 Å². The van der Waals surface area contributed by atoms with E-state index < -0.39 is 0 Å². The zero-order valence-corrected chi connectivity index (χ0v) is 15.6. The number of amides is 2. The lowest BCUT2D eigenvalue weighted by molar-refractivity contribution is -0.151. The third-order valence-electron chi connectivity index (χ3n) is 4.64. The number of piperidine rings is 1. The van der Waals surface area contributed by atoms with Gasteiger partial charge in [-0.05, 0) is 32.3 Å². The molecule has 1 saturated heterocycles. The van der Waals surface area contributed by atoms with Crippen LogP contribution in [0.5, 0.6) is 0 Å². The molecular weight excluding hydrogens is 332 g/mol. The monoisotopic (exact) mass is 360 g/mol. The molecule has 1 aliphatic rings. The third kappa shape index (κ3) is 5.86. The fourth-order valence-electron chi connectivity index (χ4n) is 3.17. The van der Waals surface area contributed by atoms with Crippen molar-refractivity contribution in [3.63, 3.8) is 0 Å². The van der Waals surface area contributed by atoms with Crippen molar-refractivity contribution < 1.29 is 19.1 Å². The fraction of sp³-hybridized carbons (Fsp3) is 0.550. The van der Waals surface area contributed by atoms with Crippen LogP contribution in [0.1, 0.15) is 51.1 Å². The van der Waals surface area contributed by atoms with Gasteiger partial charge in [0.25, 0.3) is 0 Å². The standard InChI is InChI=1S/C20H28N2O4/c1-3-26-20(25)17-10-7-13-22(14-17)19(24)12-11-18(23)21-15(2)16-8-5-4-6-9-16/h4-6,8-9,15,17H,3,7,10-14H2,1-2H3,(H,21,23)/t15-,17+/m1/s1. The zero-order valence-electron chi connectivity index (χ0n) is 15.6. The Morgan fingerprint density at radius 2 is 1.96 bits per heavy atom. The molecule has 1 aliphatic heterocycles. The second kappa shape index (κ2) is 9.94. The normalized spacial score (nSPS) is 18.1. The minimum Gasteiger partial charge on any atom is -0.466 e. The average molecular weight is 360 g/mol. The summed E-state index contributed by atoms with van der Waals surface area (Å²) in [6.07, 6.45) is 1.84. The molecule has 1 fully saturated rings. The summed E-state index contributed by atoms with van der Waals surface area (Å²) in [5.41, 5.74) is 1.03. The van der Waals surface area contributed by atoms with Crippen LogP contribution >= 0.6 is 0 Å². The van der Waals surface area contributed by atoms with Gasteiger partial charge < -0.3 is 15.0 Å². The van der Waals surface area contributed by atoms with Crippen LogP contribution in [0.3, 0.4) is 0 Å². The highest BCUT2D eigenvalue weighted by Crippen LogP contribution is 2.19. The predicted octanol–water partition coefficient (Wildman–Crippen LogP) is 2.45. The maximum Gasteiger partial charge on any atom is 0.310 e. The van der Waals surface area contributed by atoms with E-state index in [-0.39, 0.29) is 42.6 Å². The number of likely N-dealkylation sites (tertiary alicyclic amines) is 1. The molecule has 6 nitrogen and oxygen atoms in total. The summed E-state index contributed by atoms with van der Waals surface area (Å²) < 4.78 is 5.05. The van der Waals surface area contributed by atoms with Gasteiger partial charge in [-0.25, -0.2) is 0 Å². The van der Waals surface area contributed by atoms with Crippen LogP contribution < -0.4 is 5.32 Å². The lowest BCUT2D eigenvalue weighted by atomic mass is 9.98. The molecule has 6 heteroatoms. The van der Waals surface area contributed by atoms with E-state index in [1.165, 1.54) is 0 Å². The Hall–Kier alpha value is -2.37. The molecule has 0 saturated carbocycles. The number of rotatable bonds is 7. The van der Waals surface area contributed by atoms with E-state index in [0.717, 1.165) is 18.4 Å². The number of carbonyl (C=O) groups is 3. The molecule has 2 amide bonds. The average Bonchev–Trinajstić information content (AvgIpc) is 2.67. The largest absolute Gasteiger partial charge is 0.466 e. The second-order valence-corrected chi connectivity index (χ2v) is 6.63. The Morgan fingerprint density at radius 3 is 2.65 bits per heavy atom. The van der Waals surface area contributed by atoms with E-state index in [1.807, 2.05) is 37.3 Å². The smallest absolute Gasteiger partial charge is 0.310 e. The van der Waals surface area contributed by atoms with E-state index in [1.54, 1.807) is 11.8 Å². The summed E-state index contributed by atoms with van der Waals surface area (Å²) in [5.74, 6) is -0.714. The Balaban J connectivity index is 1.76. The topological polar surface area (TPSA) is 75.7 Å². The second-order valence-electron chi connectivity index (χ2n) is 6.63. The van der Waals surface area contributed by atoms with E-state index in [2.05, 4.69) is 5.32 Å². The van der Waals surface area contributed by atoms with Crippen molar-refractivity contribution in [2.24, 2.45) is 5.92 Å². The van der Waals surface area contributed by atoms with E-state index in [4.69, 9.17) is 4.74 Å². The molecule has 1 aromatic carbocycles. The maximum absolute atomic E-state index is 12.4. The number of esters is 1. The third-order valence-corrected chi connectivity index (χ3v) is 4.64. The summed E-state index contributed by atoms with van der Waals surface area (Å²) in [4.78, 5) is 38.0. The van der Waals surface area contributed by atoms with Gasteiger partial charge in [0.15, 0.2) is 0 Å². The lowest BCUT2D eigenvalue weighted by Crippen LogP contribution is -2.43. The van der Waals surface area contributed by atoms with Gasteiger partial charge in [0.2, 0.25) is 11.8 Å². The van der Waals surface area contributed by atoms with Crippen LogP contribution in [0.15, 0.2) is 30.3 Å². The van der Waals surface area contributed by atoms with Crippen molar-refractivity contribution in [3.8, 4) is 0 Å². The number of hydrogen-bond donors (Lipinski definition) is 1. The molecule has 2 rings (SSSR count). The number of ether oxygens (including phenoxy) is 1. The molecule has 0 radical (unpaired) electrons. The van der Waals surface area contributed by atoms with Crippen LogP contribution in [0, 0.1) is 5.92 Å². The molecule has 0 bridgehead atoms. The molecular formula is C20H28N2O4. The minimum atomic E-state index is -0.250. The van der Waals surface area contributed by atoms with Crippen molar-refractivity contribution in [3.05, 3.63) is 35.9 Å². The van der Waals surface area contributed by atoms with Gasteiger partial charge in [-0.2, -0.15) is 0 Å². The lowest BCUT2D eigenvalue weighted by Gasteiger charge is -2.31. The van der Waals surface area contributed by atoms with Crippen molar-refractivity contribution in [2.75, 3.05) is 19.7 Å². The maximum atomic E-state index is 12.4.